The largest absolute Gasteiger partial charge is 0.506 e. The summed E-state index contributed by atoms with van der Waals surface area (Å²) >= 11 is 3.38. The molecule has 1 aromatic heterocycles. The first-order valence-corrected chi connectivity index (χ1v) is 7.23. The van der Waals surface area contributed by atoms with Gasteiger partial charge in [0.15, 0.2) is 0 Å². The van der Waals surface area contributed by atoms with Crippen molar-refractivity contribution in [3.05, 3.63) is 52.3 Å². The molecule has 0 bridgehead atoms. The number of anilines is 1. The molecule has 6 nitrogen and oxygen atoms in total. The third kappa shape index (κ3) is 4.29. The van der Waals surface area contributed by atoms with Gasteiger partial charge in [-0.15, -0.1) is 0 Å². The van der Waals surface area contributed by atoms with Crippen LogP contribution in [-0.4, -0.2) is 28.4 Å². The number of aromatic hydroxyl groups is 1. The summed E-state index contributed by atoms with van der Waals surface area (Å²) in [5.41, 5.74) is 1.83. The fourth-order valence-electron chi connectivity index (χ4n) is 1.74. The zero-order chi connectivity index (χ0) is 16.1. The van der Waals surface area contributed by atoms with Crippen molar-refractivity contribution in [2.45, 2.75) is 6.92 Å². The van der Waals surface area contributed by atoms with Crippen LogP contribution >= 0.6 is 15.9 Å². The van der Waals surface area contributed by atoms with Gasteiger partial charge in [0, 0.05) is 16.4 Å². The van der Waals surface area contributed by atoms with E-state index in [0.29, 0.717) is 5.69 Å². The van der Waals surface area contributed by atoms with Crippen LogP contribution in [0.4, 0.5) is 5.69 Å². The summed E-state index contributed by atoms with van der Waals surface area (Å²) in [6.07, 6.45) is 2.53. The predicted octanol–water partition coefficient (Wildman–Crippen LogP) is 2.23. The number of hydrogen-bond acceptors (Lipinski definition) is 4. The molecule has 0 radical (unpaired) electrons. The number of halogens is 1. The molecule has 0 aliphatic heterocycles. The number of hydrogen-bond donors (Lipinski definition) is 3. The van der Waals surface area contributed by atoms with Gasteiger partial charge in [0.05, 0.1) is 18.3 Å². The average Bonchev–Trinajstić information content (AvgIpc) is 2.48. The molecule has 114 valence electrons. The molecule has 0 fully saturated rings. The number of aromatic nitrogens is 1. The molecule has 0 saturated heterocycles. The van der Waals surface area contributed by atoms with Crippen molar-refractivity contribution in [1.29, 1.82) is 0 Å². The van der Waals surface area contributed by atoms with Crippen LogP contribution in [0.2, 0.25) is 0 Å². The standard InChI is InChI=1S/C15H14BrN3O3/c1-9-4-11(2-3-13(9)16)19-14(21)8-18-15(22)10-5-12(20)7-17-6-10/h2-7,20H,8H2,1H3,(H,18,22)(H,19,21). The minimum atomic E-state index is -0.481. The minimum Gasteiger partial charge on any atom is -0.506 e. The van der Waals surface area contributed by atoms with Crippen LogP contribution < -0.4 is 10.6 Å². The lowest BCUT2D eigenvalue weighted by molar-refractivity contribution is -0.115. The van der Waals surface area contributed by atoms with Crippen molar-refractivity contribution in [2.24, 2.45) is 0 Å². The molecule has 1 aromatic carbocycles. The summed E-state index contributed by atoms with van der Waals surface area (Å²) in [6, 6.07) is 6.69. The van der Waals surface area contributed by atoms with E-state index >= 15 is 0 Å². The SMILES string of the molecule is Cc1cc(NC(=O)CNC(=O)c2cncc(O)c2)ccc1Br. The molecule has 2 aromatic rings. The number of nitrogens with one attached hydrogen (secondary N) is 2. The zero-order valence-electron chi connectivity index (χ0n) is 11.8. The molecule has 1 heterocycles. The number of nitrogens with zero attached hydrogens (tertiary/aromatic N) is 1. The van der Waals surface area contributed by atoms with Gasteiger partial charge in [-0.25, -0.2) is 0 Å². The molecule has 7 heteroatoms. The van der Waals surface area contributed by atoms with Crippen molar-refractivity contribution >= 4 is 33.4 Å². The van der Waals surface area contributed by atoms with Gasteiger partial charge in [0.2, 0.25) is 5.91 Å². The highest BCUT2D eigenvalue weighted by Crippen LogP contribution is 2.19. The minimum absolute atomic E-state index is 0.109. The summed E-state index contributed by atoms with van der Waals surface area (Å²) in [6.45, 7) is 1.74. The maximum Gasteiger partial charge on any atom is 0.253 e. The number of amides is 2. The molecule has 0 atom stereocenters. The van der Waals surface area contributed by atoms with Crippen LogP contribution in [0.1, 0.15) is 15.9 Å². The van der Waals surface area contributed by atoms with Crippen LogP contribution in [0.3, 0.4) is 0 Å². The second-order valence-corrected chi connectivity index (χ2v) is 5.48. The first-order chi connectivity index (χ1) is 10.5. The first-order valence-electron chi connectivity index (χ1n) is 6.44. The van der Waals surface area contributed by atoms with Crippen molar-refractivity contribution in [1.82, 2.24) is 10.3 Å². The summed E-state index contributed by atoms with van der Waals surface area (Å²) in [4.78, 5) is 27.3. The fraction of sp³-hybridized carbons (Fsp3) is 0.133. The topological polar surface area (TPSA) is 91.3 Å². The Bertz CT molecular complexity index is 719. The van der Waals surface area contributed by atoms with E-state index in [4.69, 9.17) is 0 Å². The molecular formula is C15H14BrN3O3. The lowest BCUT2D eigenvalue weighted by Crippen LogP contribution is -2.32. The molecule has 22 heavy (non-hydrogen) atoms. The van der Waals surface area contributed by atoms with Gasteiger partial charge in [-0.1, -0.05) is 15.9 Å². The highest BCUT2D eigenvalue weighted by molar-refractivity contribution is 9.10. The Morgan fingerprint density at radius 1 is 1.27 bits per heavy atom. The first kappa shape index (κ1) is 16.0. The third-order valence-corrected chi connectivity index (χ3v) is 3.73. The number of pyridine rings is 1. The number of rotatable bonds is 4. The van der Waals surface area contributed by atoms with E-state index in [-0.39, 0.29) is 23.8 Å². The summed E-state index contributed by atoms with van der Waals surface area (Å²) in [7, 11) is 0. The quantitative estimate of drug-likeness (QED) is 0.776. The van der Waals surface area contributed by atoms with Gasteiger partial charge >= 0.3 is 0 Å². The van der Waals surface area contributed by atoms with Gasteiger partial charge < -0.3 is 15.7 Å². The van der Waals surface area contributed by atoms with Gasteiger partial charge in [0.25, 0.3) is 5.91 Å². The molecule has 0 spiro atoms. The monoisotopic (exact) mass is 363 g/mol. The Morgan fingerprint density at radius 2 is 2.05 bits per heavy atom. The van der Waals surface area contributed by atoms with E-state index in [1.54, 1.807) is 6.07 Å². The number of carbonyl (C=O) groups excluding carboxylic acids is 2. The number of carbonyl (C=O) groups is 2. The van der Waals surface area contributed by atoms with Crippen molar-refractivity contribution in [3.63, 3.8) is 0 Å². The van der Waals surface area contributed by atoms with E-state index in [1.807, 2.05) is 19.1 Å². The van der Waals surface area contributed by atoms with Crippen LogP contribution in [-0.2, 0) is 4.79 Å². The van der Waals surface area contributed by atoms with E-state index in [1.165, 1.54) is 18.5 Å². The van der Waals surface area contributed by atoms with Crippen LogP contribution in [0.15, 0.2) is 41.1 Å². The summed E-state index contributed by atoms with van der Waals surface area (Å²) in [5, 5.41) is 14.4. The lowest BCUT2D eigenvalue weighted by Gasteiger charge is -2.08. The molecule has 0 aliphatic carbocycles. The Balaban J connectivity index is 1.90. The fourth-order valence-corrected chi connectivity index (χ4v) is 1.99. The van der Waals surface area contributed by atoms with E-state index in [0.717, 1.165) is 10.0 Å². The second kappa shape index (κ2) is 7.04. The van der Waals surface area contributed by atoms with Crippen LogP contribution in [0, 0.1) is 6.92 Å². The van der Waals surface area contributed by atoms with E-state index in [2.05, 4.69) is 31.5 Å². The molecule has 3 N–H and O–H groups in total. The second-order valence-electron chi connectivity index (χ2n) is 4.63. The molecule has 2 amide bonds. The number of benzene rings is 1. The smallest absolute Gasteiger partial charge is 0.253 e. The van der Waals surface area contributed by atoms with Crippen LogP contribution in [0.25, 0.3) is 0 Å². The maximum atomic E-state index is 11.8. The molecule has 0 aliphatic rings. The Kier molecular flexibility index (Phi) is 5.11. The molecule has 2 rings (SSSR count). The maximum absolute atomic E-state index is 11.8. The highest BCUT2D eigenvalue weighted by atomic mass is 79.9. The predicted molar refractivity (Wildman–Crippen MR) is 85.7 cm³/mol. The van der Waals surface area contributed by atoms with Gasteiger partial charge in [-0.05, 0) is 36.8 Å². The highest BCUT2D eigenvalue weighted by Gasteiger charge is 2.09. The van der Waals surface area contributed by atoms with Crippen LogP contribution in [0.5, 0.6) is 5.75 Å². The summed E-state index contributed by atoms with van der Waals surface area (Å²) < 4.78 is 0.954. The number of aryl methyl sites for hydroxylation is 1. The molecule has 0 unspecified atom stereocenters. The Hall–Kier alpha value is -2.41. The van der Waals surface area contributed by atoms with E-state index < -0.39 is 5.91 Å². The Morgan fingerprint density at radius 3 is 2.73 bits per heavy atom. The van der Waals surface area contributed by atoms with Gasteiger partial charge in [-0.3, -0.25) is 14.6 Å². The zero-order valence-corrected chi connectivity index (χ0v) is 13.3. The van der Waals surface area contributed by atoms with Crippen molar-refractivity contribution in [3.8, 4) is 5.75 Å². The molecule has 0 saturated carbocycles. The van der Waals surface area contributed by atoms with Gasteiger partial charge in [-0.2, -0.15) is 0 Å². The van der Waals surface area contributed by atoms with Crippen molar-refractivity contribution < 1.29 is 14.7 Å². The lowest BCUT2D eigenvalue weighted by atomic mass is 10.2. The van der Waals surface area contributed by atoms with E-state index in [9.17, 15) is 14.7 Å². The third-order valence-electron chi connectivity index (χ3n) is 2.84. The summed E-state index contributed by atoms with van der Waals surface area (Å²) in [5.74, 6) is -0.934. The molecular weight excluding hydrogens is 350 g/mol. The average molecular weight is 364 g/mol. The normalized spacial score (nSPS) is 10.1. The van der Waals surface area contributed by atoms with Gasteiger partial charge in [0.1, 0.15) is 5.75 Å². The van der Waals surface area contributed by atoms with Crippen molar-refractivity contribution in [2.75, 3.05) is 11.9 Å². The Labute approximate surface area is 135 Å².